The van der Waals surface area contributed by atoms with Gasteiger partial charge in [0, 0.05) is 61.0 Å². The summed E-state index contributed by atoms with van der Waals surface area (Å²) < 4.78 is 0. The van der Waals surface area contributed by atoms with Crippen molar-refractivity contribution >= 4 is 71.8 Å². The summed E-state index contributed by atoms with van der Waals surface area (Å²) in [4.78, 5) is 18.9. The molecule has 0 aliphatic carbocycles. The maximum absolute atomic E-state index is 12.7. The van der Waals surface area contributed by atoms with Crippen LogP contribution in [0.5, 0.6) is 0 Å². The Bertz CT molecular complexity index is 938. The second kappa shape index (κ2) is 14.0. The molecule has 1 heterocycles. The molecule has 2 aromatic carbocycles. The molecule has 168 valence electrons. The number of pyridine rings is 1. The van der Waals surface area contributed by atoms with E-state index in [1.807, 2.05) is 67.5 Å². The first-order chi connectivity index (χ1) is 13.5. The van der Waals surface area contributed by atoms with Gasteiger partial charge in [-0.2, -0.15) is 0 Å². The van der Waals surface area contributed by atoms with Crippen molar-refractivity contribution in [1.82, 2.24) is 4.98 Å². The van der Waals surface area contributed by atoms with Gasteiger partial charge in [0.05, 0.1) is 5.56 Å². The lowest BCUT2D eigenvalue weighted by Gasteiger charge is -2.17. The average Bonchev–Trinajstić information content (AvgIpc) is 2.70. The number of halogens is 4. The standard InChI is InChI=1S/C22H23ClN4O.3ClH/c1-27(2)21-11-6-16(23)15-20(21)22(28)26-19-9-7-18(8-10-19)25-14-12-17-5-3-4-13-24-17;;;/h3-11,13,15,25H,12,14H2,1-2H3,(H,26,28);3*1H. The Hall–Kier alpha value is -2.18. The van der Waals surface area contributed by atoms with Gasteiger partial charge in [-0.1, -0.05) is 17.7 Å². The van der Waals surface area contributed by atoms with Gasteiger partial charge in [-0.15, -0.1) is 37.2 Å². The van der Waals surface area contributed by atoms with Crippen LogP contribution in [0.15, 0.2) is 66.9 Å². The van der Waals surface area contributed by atoms with Crippen molar-refractivity contribution in [1.29, 1.82) is 0 Å². The Morgan fingerprint density at radius 2 is 1.65 bits per heavy atom. The molecular formula is C22H26Cl4N4O. The lowest BCUT2D eigenvalue weighted by Crippen LogP contribution is -2.18. The monoisotopic (exact) mass is 502 g/mol. The number of benzene rings is 2. The van der Waals surface area contributed by atoms with Crippen LogP contribution in [0.25, 0.3) is 0 Å². The van der Waals surface area contributed by atoms with Crippen LogP contribution in [0, 0.1) is 0 Å². The molecule has 0 unspecified atom stereocenters. The Kier molecular flexibility index (Phi) is 13.0. The van der Waals surface area contributed by atoms with Crippen LogP contribution in [0.3, 0.4) is 0 Å². The maximum Gasteiger partial charge on any atom is 0.257 e. The van der Waals surface area contributed by atoms with Gasteiger partial charge in [0.25, 0.3) is 5.91 Å². The smallest absolute Gasteiger partial charge is 0.257 e. The number of hydrogen-bond donors (Lipinski definition) is 2. The molecule has 3 aromatic rings. The van der Waals surface area contributed by atoms with E-state index in [0.29, 0.717) is 10.6 Å². The number of anilines is 3. The van der Waals surface area contributed by atoms with Crippen molar-refractivity contribution in [2.75, 3.05) is 36.2 Å². The summed E-state index contributed by atoms with van der Waals surface area (Å²) in [6.07, 6.45) is 2.65. The highest BCUT2D eigenvalue weighted by molar-refractivity contribution is 6.31. The predicted molar refractivity (Wildman–Crippen MR) is 138 cm³/mol. The van der Waals surface area contributed by atoms with Crippen LogP contribution < -0.4 is 15.5 Å². The number of amides is 1. The molecule has 2 N–H and O–H groups in total. The number of carbonyl (C=O) groups excluding carboxylic acids is 1. The number of carbonyl (C=O) groups is 1. The summed E-state index contributed by atoms with van der Waals surface area (Å²) in [5.74, 6) is -0.193. The van der Waals surface area contributed by atoms with Gasteiger partial charge in [0.2, 0.25) is 0 Å². The topological polar surface area (TPSA) is 57.3 Å². The molecule has 0 aliphatic heterocycles. The summed E-state index contributed by atoms with van der Waals surface area (Å²) >= 11 is 6.07. The minimum Gasteiger partial charge on any atom is -0.385 e. The van der Waals surface area contributed by atoms with Gasteiger partial charge in [0.1, 0.15) is 0 Å². The molecule has 0 spiro atoms. The lowest BCUT2D eigenvalue weighted by atomic mass is 10.1. The van der Waals surface area contributed by atoms with Gasteiger partial charge >= 0.3 is 0 Å². The number of nitrogens with zero attached hydrogens (tertiary/aromatic N) is 2. The SMILES string of the molecule is CN(C)c1ccc(Cl)cc1C(=O)Nc1ccc(NCCc2ccccn2)cc1.Cl.Cl.Cl. The molecule has 9 heteroatoms. The Labute approximate surface area is 206 Å². The first kappa shape index (κ1) is 28.8. The highest BCUT2D eigenvalue weighted by Gasteiger charge is 2.14. The van der Waals surface area contributed by atoms with E-state index in [9.17, 15) is 4.79 Å². The molecule has 0 atom stereocenters. The second-order valence-corrected chi connectivity index (χ2v) is 7.02. The zero-order chi connectivity index (χ0) is 19.9. The molecule has 0 saturated carbocycles. The normalized spacial score (nSPS) is 9.39. The molecule has 3 rings (SSSR count). The molecule has 31 heavy (non-hydrogen) atoms. The maximum atomic E-state index is 12.7. The molecule has 0 saturated heterocycles. The van der Waals surface area contributed by atoms with E-state index in [2.05, 4.69) is 15.6 Å². The minimum absolute atomic E-state index is 0. The van der Waals surface area contributed by atoms with Gasteiger partial charge in [0.15, 0.2) is 0 Å². The van der Waals surface area contributed by atoms with Crippen LogP contribution in [0.2, 0.25) is 5.02 Å². The van der Waals surface area contributed by atoms with Crippen molar-refractivity contribution in [3.63, 3.8) is 0 Å². The van der Waals surface area contributed by atoms with E-state index in [1.54, 1.807) is 18.3 Å². The largest absolute Gasteiger partial charge is 0.385 e. The van der Waals surface area contributed by atoms with Crippen molar-refractivity contribution in [2.45, 2.75) is 6.42 Å². The summed E-state index contributed by atoms with van der Waals surface area (Å²) in [5.41, 5.74) is 4.12. The quantitative estimate of drug-likeness (QED) is 0.416. The summed E-state index contributed by atoms with van der Waals surface area (Å²) in [5, 5.41) is 6.82. The van der Waals surface area contributed by atoms with Crippen LogP contribution in [0.4, 0.5) is 17.1 Å². The molecule has 0 aliphatic rings. The molecular weight excluding hydrogens is 478 g/mol. The average molecular weight is 504 g/mol. The first-order valence-corrected chi connectivity index (χ1v) is 9.43. The second-order valence-electron chi connectivity index (χ2n) is 6.59. The zero-order valence-electron chi connectivity index (χ0n) is 17.2. The van der Waals surface area contributed by atoms with Crippen molar-refractivity contribution in [2.24, 2.45) is 0 Å². The third-order valence-electron chi connectivity index (χ3n) is 4.26. The number of hydrogen-bond acceptors (Lipinski definition) is 4. The van der Waals surface area contributed by atoms with Crippen LogP contribution in [-0.4, -0.2) is 31.5 Å². The van der Waals surface area contributed by atoms with E-state index in [1.165, 1.54) is 0 Å². The number of rotatable bonds is 7. The van der Waals surface area contributed by atoms with E-state index in [-0.39, 0.29) is 43.1 Å². The van der Waals surface area contributed by atoms with Gasteiger partial charge < -0.3 is 15.5 Å². The van der Waals surface area contributed by atoms with Crippen LogP contribution in [0.1, 0.15) is 16.1 Å². The number of nitrogens with one attached hydrogen (secondary N) is 2. The minimum atomic E-state index is -0.193. The van der Waals surface area contributed by atoms with Crippen molar-refractivity contribution in [3.05, 3.63) is 83.1 Å². The Balaban J connectivity index is 0.00000300. The molecule has 0 fully saturated rings. The fourth-order valence-corrected chi connectivity index (χ4v) is 3.00. The molecule has 1 amide bonds. The third kappa shape index (κ3) is 8.46. The Morgan fingerprint density at radius 1 is 0.968 bits per heavy atom. The Morgan fingerprint density at radius 3 is 2.26 bits per heavy atom. The summed E-state index contributed by atoms with van der Waals surface area (Å²) in [7, 11) is 3.79. The summed E-state index contributed by atoms with van der Waals surface area (Å²) in [6.45, 7) is 0.789. The third-order valence-corrected chi connectivity index (χ3v) is 4.50. The lowest BCUT2D eigenvalue weighted by molar-refractivity contribution is 0.102. The molecule has 1 aromatic heterocycles. The predicted octanol–water partition coefficient (Wildman–Crippen LogP) is 5.97. The molecule has 5 nitrogen and oxygen atoms in total. The van der Waals surface area contributed by atoms with E-state index in [4.69, 9.17) is 11.6 Å². The van der Waals surface area contributed by atoms with E-state index < -0.39 is 0 Å². The molecule has 0 bridgehead atoms. The van der Waals surface area contributed by atoms with E-state index >= 15 is 0 Å². The van der Waals surface area contributed by atoms with Crippen LogP contribution >= 0.6 is 48.8 Å². The molecule has 0 radical (unpaired) electrons. The van der Waals surface area contributed by atoms with E-state index in [0.717, 1.165) is 35.7 Å². The highest BCUT2D eigenvalue weighted by atomic mass is 35.5. The van der Waals surface area contributed by atoms with Crippen LogP contribution in [-0.2, 0) is 6.42 Å². The van der Waals surface area contributed by atoms with Crippen molar-refractivity contribution < 1.29 is 4.79 Å². The van der Waals surface area contributed by atoms with Crippen molar-refractivity contribution in [3.8, 4) is 0 Å². The fourth-order valence-electron chi connectivity index (χ4n) is 2.83. The fraction of sp³-hybridized carbons (Fsp3) is 0.182. The van der Waals surface area contributed by atoms with Gasteiger partial charge in [-0.05, 0) is 54.6 Å². The first-order valence-electron chi connectivity index (χ1n) is 9.05. The van der Waals surface area contributed by atoms with Gasteiger partial charge in [-0.25, -0.2) is 0 Å². The summed E-state index contributed by atoms with van der Waals surface area (Å²) in [6, 6.07) is 18.8. The highest BCUT2D eigenvalue weighted by Crippen LogP contribution is 2.24. The van der Waals surface area contributed by atoms with Gasteiger partial charge in [-0.3, -0.25) is 9.78 Å². The number of aromatic nitrogens is 1. The zero-order valence-corrected chi connectivity index (χ0v) is 20.4.